The second-order valence-corrected chi connectivity index (χ2v) is 9.77. The number of urea groups is 1. The van der Waals surface area contributed by atoms with E-state index in [1.54, 1.807) is 12.1 Å². The largest absolute Gasteiger partial charge is 0.329 e. The number of nitrogens with one attached hydrogen (secondary N) is 1. The zero-order valence-electron chi connectivity index (χ0n) is 15.4. The molecule has 26 heavy (non-hydrogen) atoms. The summed E-state index contributed by atoms with van der Waals surface area (Å²) in [6, 6.07) is 6.40. The molecular formula is C18H25N3O4S. The van der Waals surface area contributed by atoms with Gasteiger partial charge in [0.25, 0.3) is 0 Å². The van der Waals surface area contributed by atoms with Crippen molar-refractivity contribution < 1.29 is 18.0 Å². The SMILES string of the molecule is CC(C)(C)c1ccc(S(=O)(=O)N2CCC(N3C(=O)CNC3=O)CC2)cc1. The molecule has 1 N–H and O–H groups in total. The fraction of sp³-hybridized carbons (Fsp3) is 0.556. The topological polar surface area (TPSA) is 86.8 Å². The molecule has 3 amide bonds. The van der Waals surface area contributed by atoms with E-state index >= 15 is 0 Å². The van der Waals surface area contributed by atoms with Crippen LogP contribution in [0, 0.1) is 0 Å². The highest BCUT2D eigenvalue weighted by molar-refractivity contribution is 7.89. The van der Waals surface area contributed by atoms with Crippen LogP contribution in [0.3, 0.4) is 0 Å². The number of nitrogens with zero attached hydrogens (tertiary/aromatic N) is 2. The van der Waals surface area contributed by atoms with Crippen molar-refractivity contribution in [2.75, 3.05) is 19.6 Å². The fourth-order valence-electron chi connectivity index (χ4n) is 3.42. The van der Waals surface area contributed by atoms with Gasteiger partial charge in [-0.15, -0.1) is 0 Å². The minimum absolute atomic E-state index is 0.0253. The Balaban J connectivity index is 1.70. The summed E-state index contributed by atoms with van der Waals surface area (Å²) in [6.07, 6.45) is 0.914. The molecule has 3 rings (SSSR count). The van der Waals surface area contributed by atoms with E-state index in [4.69, 9.17) is 0 Å². The van der Waals surface area contributed by atoms with E-state index in [1.807, 2.05) is 12.1 Å². The van der Waals surface area contributed by atoms with E-state index in [0.29, 0.717) is 25.9 Å². The molecule has 1 aromatic rings. The molecule has 0 spiro atoms. The predicted octanol–water partition coefficient (Wildman–Crippen LogP) is 1.69. The van der Waals surface area contributed by atoms with E-state index in [1.165, 1.54) is 9.21 Å². The van der Waals surface area contributed by atoms with E-state index in [-0.39, 0.29) is 34.8 Å². The summed E-state index contributed by atoms with van der Waals surface area (Å²) in [5, 5.41) is 2.51. The summed E-state index contributed by atoms with van der Waals surface area (Å²) in [5.41, 5.74) is 1.04. The van der Waals surface area contributed by atoms with E-state index in [9.17, 15) is 18.0 Å². The van der Waals surface area contributed by atoms with Crippen molar-refractivity contribution in [1.29, 1.82) is 0 Å². The van der Waals surface area contributed by atoms with Crippen LogP contribution in [0.2, 0.25) is 0 Å². The van der Waals surface area contributed by atoms with Crippen LogP contribution in [0.5, 0.6) is 0 Å². The molecule has 2 saturated heterocycles. The zero-order valence-corrected chi connectivity index (χ0v) is 16.2. The quantitative estimate of drug-likeness (QED) is 0.810. The molecule has 0 unspecified atom stereocenters. The molecule has 0 radical (unpaired) electrons. The third kappa shape index (κ3) is 3.48. The Hall–Kier alpha value is -1.93. The Kier molecular flexibility index (Phi) is 4.83. The van der Waals surface area contributed by atoms with Gasteiger partial charge in [0.2, 0.25) is 15.9 Å². The number of sulfonamides is 1. The lowest BCUT2D eigenvalue weighted by molar-refractivity contribution is -0.127. The number of hydrogen-bond acceptors (Lipinski definition) is 4. The number of hydrogen-bond donors (Lipinski definition) is 1. The zero-order chi connectivity index (χ0) is 19.1. The number of amides is 3. The summed E-state index contributed by atoms with van der Waals surface area (Å²) < 4.78 is 27.2. The summed E-state index contributed by atoms with van der Waals surface area (Å²) in [5.74, 6) is -0.242. The van der Waals surface area contributed by atoms with Crippen molar-refractivity contribution >= 4 is 22.0 Å². The first kappa shape index (κ1) is 18.8. The second kappa shape index (κ2) is 6.66. The van der Waals surface area contributed by atoms with Crippen LogP contribution in [-0.2, 0) is 20.2 Å². The molecule has 2 aliphatic heterocycles. The van der Waals surface area contributed by atoms with Crippen LogP contribution in [0.4, 0.5) is 4.79 Å². The molecule has 7 nitrogen and oxygen atoms in total. The first-order chi connectivity index (χ1) is 12.1. The van der Waals surface area contributed by atoms with Crippen molar-refractivity contribution in [3.8, 4) is 0 Å². The van der Waals surface area contributed by atoms with Gasteiger partial charge in [-0.2, -0.15) is 4.31 Å². The molecule has 2 aliphatic rings. The molecule has 142 valence electrons. The van der Waals surface area contributed by atoms with Gasteiger partial charge in [0.15, 0.2) is 0 Å². The Labute approximate surface area is 154 Å². The Bertz CT molecular complexity index is 788. The summed E-state index contributed by atoms with van der Waals surface area (Å²) in [7, 11) is -3.57. The molecule has 8 heteroatoms. The van der Waals surface area contributed by atoms with Crippen molar-refractivity contribution in [3.05, 3.63) is 29.8 Å². The van der Waals surface area contributed by atoms with Crippen molar-refractivity contribution in [2.45, 2.75) is 50.0 Å². The molecule has 0 bridgehead atoms. The van der Waals surface area contributed by atoms with Crippen LogP contribution < -0.4 is 5.32 Å². The molecule has 0 saturated carbocycles. The lowest BCUT2D eigenvalue weighted by Gasteiger charge is -2.34. The lowest BCUT2D eigenvalue weighted by atomic mass is 9.87. The maximum Gasteiger partial charge on any atom is 0.324 e. The van der Waals surface area contributed by atoms with Gasteiger partial charge < -0.3 is 5.32 Å². The highest BCUT2D eigenvalue weighted by Gasteiger charge is 2.38. The highest BCUT2D eigenvalue weighted by atomic mass is 32.2. The average Bonchev–Trinajstić information content (AvgIpc) is 2.93. The molecule has 2 heterocycles. The summed E-state index contributed by atoms with van der Waals surface area (Å²) in [6.45, 7) is 6.86. The molecular weight excluding hydrogens is 354 g/mol. The van der Waals surface area contributed by atoms with E-state index < -0.39 is 10.0 Å². The van der Waals surface area contributed by atoms with Crippen molar-refractivity contribution in [3.63, 3.8) is 0 Å². The standard InChI is InChI=1S/C18H25N3O4S/c1-18(2,3)13-4-6-15(7-5-13)26(24,25)20-10-8-14(9-11-20)21-16(22)12-19-17(21)23/h4-7,14H,8-12H2,1-3H3,(H,19,23). The number of carbonyl (C=O) groups is 2. The number of piperidine rings is 1. The van der Waals surface area contributed by atoms with E-state index in [2.05, 4.69) is 26.1 Å². The van der Waals surface area contributed by atoms with Gasteiger partial charge in [0, 0.05) is 19.1 Å². The van der Waals surface area contributed by atoms with Gasteiger partial charge in [0.1, 0.15) is 0 Å². The van der Waals surface area contributed by atoms with Crippen LogP contribution in [0.1, 0.15) is 39.2 Å². The van der Waals surface area contributed by atoms with Gasteiger partial charge >= 0.3 is 6.03 Å². The Morgan fingerprint density at radius 1 is 1.04 bits per heavy atom. The Morgan fingerprint density at radius 2 is 1.62 bits per heavy atom. The first-order valence-electron chi connectivity index (χ1n) is 8.81. The fourth-order valence-corrected chi connectivity index (χ4v) is 4.89. The van der Waals surface area contributed by atoms with Gasteiger partial charge in [0.05, 0.1) is 11.4 Å². The highest BCUT2D eigenvalue weighted by Crippen LogP contribution is 2.27. The summed E-state index contributed by atoms with van der Waals surface area (Å²) in [4.78, 5) is 25.1. The number of carbonyl (C=O) groups excluding carboxylic acids is 2. The second-order valence-electron chi connectivity index (χ2n) is 7.83. The lowest BCUT2D eigenvalue weighted by Crippen LogP contribution is -2.48. The van der Waals surface area contributed by atoms with Gasteiger partial charge in [-0.25, -0.2) is 13.2 Å². The van der Waals surface area contributed by atoms with Crippen LogP contribution in [0.25, 0.3) is 0 Å². The monoisotopic (exact) mass is 379 g/mol. The smallest absolute Gasteiger partial charge is 0.324 e. The third-order valence-corrected chi connectivity index (χ3v) is 6.94. The minimum atomic E-state index is -3.57. The molecule has 1 aromatic carbocycles. The van der Waals surface area contributed by atoms with Gasteiger partial charge in [-0.1, -0.05) is 32.9 Å². The normalized spacial score (nSPS) is 20.5. The number of benzene rings is 1. The maximum absolute atomic E-state index is 12.9. The molecule has 0 aromatic heterocycles. The van der Waals surface area contributed by atoms with Crippen LogP contribution in [-0.4, -0.2) is 55.2 Å². The molecule has 2 fully saturated rings. The van der Waals surface area contributed by atoms with Crippen molar-refractivity contribution in [1.82, 2.24) is 14.5 Å². The van der Waals surface area contributed by atoms with Crippen LogP contribution >= 0.6 is 0 Å². The Morgan fingerprint density at radius 3 is 2.08 bits per heavy atom. The minimum Gasteiger partial charge on any atom is -0.329 e. The maximum atomic E-state index is 12.9. The van der Waals surface area contributed by atoms with Gasteiger partial charge in [-0.3, -0.25) is 9.69 Å². The molecule has 0 aliphatic carbocycles. The summed E-state index contributed by atoms with van der Waals surface area (Å²) >= 11 is 0. The van der Waals surface area contributed by atoms with Gasteiger partial charge in [-0.05, 0) is 36.0 Å². The third-order valence-electron chi connectivity index (χ3n) is 5.03. The number of imide groups is 1. The van der Waals surface area contributed by atoms with E-state index in [0.717, 1.165) is 5.56 Å². The first-order valence-corrected chi connectivity index (χ1v) is 10.3. The van der Waals surface area contributed by atoms with Crippen LogP contribution in [0.15, 0.2) is 29.2 Å². The number of rotatable bonds is 3. The predicted molar refractivity (Wildman–Crippen MR) is 97.2 cm³/mol. The molecule has 0 atom stereocenters. The average molecular weight is 379 g/mol. The van der Waals surface area contributed by atoms with Crippen molar-refractivity contribution in [2.24, 2.45) is 0 Å².